The van der Waals surface area contributed by atoms with Gasteiger partial charge in [-0.15, -0.1) is 0 Å². The average molecular weight is 368 g/mol. The van der Waals surface area contributed by atoms with Crippen LogP contribution in [-0.2, 0) is 0 Å². The van der Waals surface area contributed by atoms with E-state index in [0.29, 0.717) is 10.2 Å². The van der Waals surface area contributed by atoms with Crippen LogP contribution in [0.15, 0.2) is 53.9 Å². The maximum absolute atomic E-state index is 6.22. The van der Waals surface area contributed by atoms with Gasteiger partial charge in [0.25, 0.3) is 0 Å². The number of pyridine rings is 2. The Morgan fingerprint density at radius 1 is 1.00 bits per heavy atom. The second-order valence-electron chi connectivity index (χ2n) is 5.48. The zero-order valence-electron chi connectivity index (χ0n) is 13.6. The number of nitrogens with zero attached hydrogens (tertiary/aromatic N) is 5. The monoisotopic (exact) mass is 367 g/mol. The molecule has 0 unspecified atom stereocenters. The van der Waals surface area contributed by atoms with Crippen molar-refractivity contribution in [3.05, 3.63) is 59.5 Å². The lowest BCUT2D eigenvalue weighted by Crippen LogP contribution is -1.96. The first-order valence-corrected chi connectivity index (χ1v) is 9.25. The summed E-state index contributed by atoms with van der Waals surface area (Å²) in [7, 11) is 0. The van der Waals surface area contributed by atoms with E-state index in [4.69, 9.17) is 16.6 Å². The second kappa shape index (κ2) is 6.46. The number of fused-ring (bicyclic) bond motifs is 1. The third-order valence-corrected chi connectivity index (χ3v) is 4.56. The maximum Gasteiger partial charge on any atom is 0.187 e. The minimum atomic E-state index is 0.633. The molecule has 0 atom stereocenters. The predicted octanol–water partition coefficient (Wildman–Crippen LogP) is 4.54. The van der Waals surface area contributed by atoms with E-state index >= 15 is 0 Å². The molecule has 25 heavy (non-hydrogen) atoms. The van der Waals surface area contributed by atoms with Crippen molar-refractivity contribution >= 4 is 29.0 Å². The van der Waals surface area contributed by atoms with Gasteiger partial charge in [-0.05, 0) is 43.5 Å². The van der Waals surface area contributed by atoms with Gasteiger partial charge in [0.2, 0.25) is 0 Å². The van der Waals surface area contributed by atoms with Gasteiger partial charge in [0, 0.05) is 18.1 Å². The SMILES string of the molecule is CSc1nccc(-c2c(-c3cccc(C)n3)nc3ccc(Cl)cn23)n1. The minimum absolute atomic E-state index is 0.633. The number of halogens is 1. The number of imidazole rings is 1. The van der Waals surface area contributed by atoms with E-state index in [-0.39, 0.29) is 0 Å². The summed E-state index contributed by atoms with van der Waals surface area (Å²) in [6.45, 7) is 1.96. The summed E-state index contributed by atoms with van der Waals surface area (Å²) >= 11 is 7.72. The van der Waals surface area contributed by atoms with Gasteiger partial charge < -0.3 is 0 Å². The molecule has 0 aliphatic heterocycles. The van der Waals surface area contributed by atoms with Gasteiger partial charge in [-0.2, -0.15) is 0 Å². The van der Waals surface area contributed by atoms with Crippen molar-refractivity contribution < 1.29 is 0 Å². The summed E-state index contributed by atoms with van der Waals surface area (Å²) in [5.41, 5.74) is 4.95. The Morgan fingerprint density at radius 2 is 1.88 bits per heavy atom. The zero-order valence-corrected chi connectivity index (χ0v) is 15.2. The molecular formula is C18H14ClN5S. The summed E-state index contributed by atoms with van der Waals surface area (Å²) in [4.78, 5) is 18.3. The fraction of sp³-hybridized carbons (Fsp3) is 0.111. The van der Waals surface area contributed by atoms with Crippen molar-refractivity contribution in [2.24, 2.45) is 0 Å². The Labute approximate surface area is 154 Å². The first-order valence-electron chi connectivity index (χ1n) is 7.65. The largest absolute Gasteiger partial charge is 0.296 e. The Balaban J connectivity index is 2.05. The van der Waals surface area contributed by atoms with Crippen LogP contribution >= 0.6 is 23.4 Å². The number of hydrogen-bond acceptors (Lipinski definition) is 5. The summed E-state index contributed by atoms with van der Waals surface area (Å²) in [5, 5.41) is 1.34. The summed E-state index contributed by atoms with van der Waals surface area (Å²) < 4.78 is 1.95. The van der Waals surface area contributed by atoms with Crippen molar-refractivity contribution in [1.29, 1.82) is 0 Å². The molecule has 7 heteroatoms. The Hall–Kier alpha value is -2.44. The highest BCUT2D eigenvalue weighted by Crippen LogP contribution is 2.32. The Bertz CT molecular complexity index is 1080. The van der Waals surface area contributed by atoms with Crippen LogP contribution in [0.2, 0.25) is 5.02 Å². The molecule has 0 aromatic carbocycles. The second-order valence-corrected chi connectivity index (χ2v) is 6.69. The number of rotatable bonds is 3. The summed E-state index contributed by atoms with van der Waals surface area (Å²) in [6.07, 6.45) is 5.55. The highest BCUT2D eigenvalue weighted by Gasteiger charge is 2.18. The molecule has 0 bridgehead atoms. The normalized spacial score (nSPS) is 11.2. The molecule has 4 heterocycles. The van der Waals surface area contributed by atoms with E-state index in [0.717, 1.165) is 34.1 Å². The molecule has 0 saturated heterocycles. The van der Waals surface area contributed by atoms with Gasteiger partial charge in [-0.3, -0.25) is 9.38 Å². The van der Waals surface area contributed by atoms with Crippen LogP contribution in [0, 0.1) is 6.92 Å². The third-order valence-electron chi connectivity index (χ3n) is 3.77. The topological polar surface area (TPSA) is 56.0 Å². The van der Waals surface area contributed by atoms with Crippen LogP contribution in [0.3, 0.4) is 0 Å². The van der Waals surface area contributed by atoms with E-state index in [1.165, 1.54) is 11.8 Å². The van der Waals surface area contributed by atoms with Crippen LogP contribution in [0.5, 0.6) is 0 Å². The Kier molecular flexibility index (Phi) is 4.15. The molecule has 0 amide bonds. The highest BCUT2D eigenvalue weighted by atomic mass is 35.5. The molecule has 0 saturated carbocycles. The fourth-order valence-corrected chi connectivity index (χ4v) is 3.20. The molecule has 4 rings (SSSR count). The number of aromatic nitrogens is 5. The van der Waals surface area contributed by atoms with Crippen molar-refractivity contribution in [2.75, 3.05) is 6.26 Å². The van der Waals surface area contributed by atoms with Gasteiger partial charge in [0.1, 0.15) is 17.0 Å². The molecule has 0 fully saturated rings. The molecular weight excluding hydrogens is 354 g/mol. The molecule has 4 aromatic heterocycles. The van der Waals surface area contributed by atoms with Crippen LogP contribution in [-0.4, -0.2) is 30.6 Å². The maximum atomic E-state index is 6.22. The van der Waals surface area contributed by atoms with Gasteiger partial charge in [-0.25, -0.2) is 15.0 Å². The first-order chi connectivity index (χ1) is 12.2. The Morgan fingerprint density at radius 3 is 2.68 bits per heavy atom. The van der Waals surface area contributed by atoms with E-state index in [1.807, 2.05) is 60.2 Å². The van der Waals surface area contributed by atoms with Crippen molar-refractivity contribution in [1.82, 2.24) is 24.3 Å². The molecule has 4 aromatic rings. The number of hydrogen-bond donors (Lipinski definition) is 0. The molecule has 0 aliphatic carbocycles. The van der Waals surface area contributed by atoms with E-state index in [1.54, 1.807) is 6.20 Å². The number of aryl methyl sites for hydroxylation is 1. The van der Waals surface area contributed by atoms with Gasteiger partial charge in [0.05, 0.1) is 16.4 Å². The first kappa shape index (κ1) is 16.1. The standard InChI is InChI=1S/C18H14ClN5S/c1-11-4-3-5-13(21-11)16-17(14-8-9-20-18(22-14)25-2)24-10-12(19)6-7-15(24)23-16/h3-10H,1-2H3. The lowest BCUT2D eigenvalue weighted by atomic mass is 10.1. The fourth-order valence-electron chi connectivity index (χ4n) is 2.69. The lowest BCUT2D eigenvalue weighted by Gasteiger charge is -2.06. The average Bonchev–Trinajstić information content (AvgIpc) is 3.00. The van der Waals surface area contributed by atoms with Gasteiger partial charge in [-0.1, -0.05) is 29.4 Å². The third kappa shape index (κ3) is 2.99. The van der Waals surface area contributed by atoms with E-state index < -0.39 is 0 Å². The minimum Gasteiger partial charge on any atom is -0.296 e. The van der Waals surface area contributed by atoms with Crippen molar-refractivity contribution in [2.45, 2.75) is 12.1 Å². The quantitative estimate of drug-likeness (QED) is 0.393. The number of thioether (sulfide) groups is 1. The van der Waals surface area contributed by atoms with E-state index in [2.05, 4.69) is 15.0 Å². The highest BCUT2D eigenvalue weighted by molar-refractivity contribution is 7.98. The van der Waals surface area contributed by atoms with Crippen molar-refractivity contribution in [3.63, 3.8) is 0 Å². The molecule has 5 nitrogen and oxygen atoms in total. The molecule has 0 spiro atoms. The zero-order chi connectivity index (χ0) is 17.4. The smallest absolute Gasteiger partial charge is 0.187 e. The van der Waals surface area contributed by atoms with Crippen LogP contribution in [0.25, 0.3) is 28.4 Å². The van der Waals surface area contributed by atoms with E-state index in [9.17, 15) is 0 Å². The summed E-state index contributed by atoms with van der Waals surface area (Å²) in [6, 6.07) is 11.5. The van der Waals surface area contributed by atoms with Crippen molar-refractivity contribution in [3.8, 4) is 22.8 Å². The molecule has 0 radical (unpaired) electrons. The molecule has 124 valence electrons. The van der Waals surface area contributed by atoms with Crippen LogP contribution < -0.4 is 0 Å². The van der Waals surface area contributed by atoms with Gasteiger partial charge >= 0.3 is 0 Å². The van der Waals surface area contributed by atoms with Crippen LogP contribution in [0.4, 0.5) is 0 Å². The van der Waals surface area contributed by atoms with Crippen LogP contribution in [0.1, 0.15) is 5.69 Å². The molecule has 0 aliphatic rings. The molecule has 0 N–H and O–H groups in total. The predicted molar refractivity (Wildman–Crippen MR) is 101 cm³/mol. The van der Waals surface area contributed by atoms with Gasteiger partial charge in [0.15, 0.2) is 5.16 Å². The summed E-state index contributed by atoms with van der Waals surface area (Å²) in [5.74, 6) is 0. The lowest BCUT2D eigenvalue weighted by molar-refractivity contribution is 0.968.